The molecule has 2 aromatic carbocycles. The Hall–Kier alpha value is -2.63. The van der Waals surface area contributed by atoms with Gasteiger partial charge in [-0.05, 0) is 11.6 Å². The summed E-state index contributed by atoms with van der Waals surface area (Å²) in [5, 5.41) is 10.0. The van der Waals surface area contributed by atoms with Gasteiger partial charge in [0, 0.05) is 17.7 Å². The van der Waals surface area contributed by atoms with Gasteiger partial charge in [-0.1, -0.05) is 60.7 Å². The lowest BCUT2D eigenvalue weighted by Crippen LogP contribution is -3.11. The second-order valence-electron chi connectivity index (χ2n) is 6.27. The third-order valence-electron chi connectivity index (χ3n) is 4.39. The lowest BCUT2D eigenvalue weighted by Gasteiger charge is -2.24. The van der Waals surface area contributed by atoms with Crippen LogP contribution in [0.15, 0.2) is 72.4 Å². The highest BCUT2D eigenvalue weighted by Crippen LogP contribution is 2.11. The normalized spacial score (nSPS) is 18.1. The number of carbonyl (C=O) groups is 1. The van der Waals surface area contributed by atoms with Crippen LogP contribution in [0.5, 0.6) is 0 Å². The van der Waals surface area contributed by atoms with Gasteiger partial charge < -0.3 is 15.4 Å². The maximum absolute atomic E-state index is 12.0. The number of carbonyl (C=O) groups excluding carboxylic acids is 1. The summed E-state index contributed by atoms with van der Waals surface area (Å²) in [5.74, 6) is -0.453. The van der Waals surface area contributed by atoms with E-state index in [-0.39, 0.29) is 0 Å². The van der Waals surface area contributed by atoms with Gasteiger partial charge in [0.1, 0.15) is 6.54 Å². The van der Waals surface area contributed by atoms with E-state index in [0.717, 1.165) is 31.8 Å². The van der Waals surface area contributed by atoms with Crippen LogP contribution in [-0.4, -0.2) is 24.1 Å². The molecule has 130 valence electrons. The Labute approximate surface area is 147 Å². The molecule has 1 amide bonds. The molecule has 0 fully saturated rings. The molecule has 4 N–H and O–H groups in total. The van der Waals surface area contributed by atoms with Gasteiger partial charge in [0.25, 0.3) is 5.91 Å². The summed E-state index contributed by atoms with van der Waals surface area (Å²) in [5.41, 5.74) is 8.45. The van der Waals surface area contributed by atoms with E-state index in [9.17, 15) is 9.90 Å². The molecule has 0 radical (unpaired) electrons. The molecule has 5 heteroatoms. The summed E-state index contributed by atoms with van der Waals surface area (Å²) >= 11 is 0. The van der Waals surface area contributed by atoms with Crippen molar-refractivity contribution in [3.63, 3.8) is 0 Å². The average Bonchev–Trinajstić information content (AvgIpc) is 2.68. The minimum absolute atomic E-state index is 0.453. The Bertz CT molecular complexity index is 716. The van der Waals surface area contributed by atoms with Crippen molar-refractivity contribution in [2.24, 2.45) is 0 Å². The third-order valence-corrected chi connectivity index (χ3v) is 4.39. The van der Waals surface area contributed by atoms with E-state index in [1.165, 1.54) is 10.5 Å². The molecule has 1 aliphatic rings. The number of aliphatic hydroxyl groups excluding tert-OH is 1. The van der Waals surface area contributed by atoms with E-state index in [4.69, 9.17) is 0 Å². The number of aliphatic hydroxyl groups is 1. The van der Waals surface area contributed by atoms with Gasteiger partial charge in [0.15, 0.2) is 6.10 Å². The van der Waals surface area contributed by atoms with Crippen LogP contribution in [-0.2, 0) is 11.3 Å². The van der Waals surface area contributed by atoms with E-state index >= 15 is 0 Å². The number of nitrogens with one attached hydrogen (secondary N) is 3. The van der Waals surface area contributed by atoms with Gasteiger partial charge in [-0.15, -0.1) is 0 Å². The predicted molar refractivity (Wildman–Crippen MR) is 96.2 cm³/mol. The van der Waals surface area contributed by atoms with Crippen molar-refractivity contribution in [2.45, 2.75) is 19.1 Å². The molecule has 5 nitrogen and oxygen atoms in total. The Morgan fingerprint density at radius 3 is 2.40 bits per heavy atom. The van der Waals surface area contributed by atoms with Gasteiger partial charge in [0.2, 0.25) is 0 Å². The van der Waals surface area contributed by atoms with Crippen molar-refractivity contribution >= 4 is 5.91 Å². The van der Waals surface area contributed by atoms with E-state index < -0.39 is 12.0 Å². The molecule has 0 aromatic heterocycles. The van der Waals surface area contributed by atoms with E-state index in [2.05, 4.69) is 41.2 Å². The minimum Gasteiger partial charge on any atom is -0.378 e. The van der Waals surface area contributed by atoms with Crippen LogP contribution in [0.2, 0.25) is 0 Å². The molecule has 25 heavy (non-hydrogen) atoms. The number of hydrogen-bond acceptors (Lipinski definition) is 3. The minimum atomic E-state index is -1.17. The lowest BCUT2D eigenvalue weighted by atomic mass is 10.1. The second kappa shape index (κ2) is 8.46. The highest BCUT2D eigenvalue weighted by atomic mass is 16.3. The average molecular weight is 338 g/mol. The molecule has 0 aliphatic carbocycles. The van der Waals surface area contributed by atoms with E-state index in [1.807, 2.05) is 12.1 Å². The molecule has 0 spiro atoms. The molecule has 0 bridgehead atoms. The van der Waals surface area contributed by atoms with Gasteiger partial charge in [-0.3, -0.25) is 10.2 Å². The van der Waals surface area contributed by atoms with Crippen LogP contribution < -0.4 is 15.8 Å². The summed E-state index contributed by atoms with van der Waals surface area (Å²) < 4.78 is 0. The number of benzene rings is 2. The first-order valence-corrected chi connectivity index (χ1v) is 8.58. The van der Waals surface area contributed by atoms with Crippen molar-refractivity contribution in [1.82, 2.24) is 10.9 Å². The van der Waals surface area contributed by atoms with Crippen LogP contribution in [0.1, 0.15) is 23.7 Å². The van der Waals surface area contributed by atoms with Crippen LogP contribution >= 0.6 is 0 Å². The first-order chi connectivity index (χ1) is 12.2. The fourth-order valence-corrected chi connectivity index (χ4v) is 2.94. The molecule has 1 heterocycles. The van der Waals surface area contributed by atoms with Crippen LogP contribution in [0.3, 0.4) is 0 Å². The first kappa shape index (κ1) is 17.2. The van der Waals surface area contributed by atoms with Crippen LogP contribution in [0.4, 0.5) is 0 Å². The van der Waals surface area contributed by atoms with Gasteiger partial charge >= 0.3 is 0 Å². The first-order valence-electron chi connectivity index (χ1n) is 8.58. The van der Waals surface area contributed by atoms with Crippen LogP contribution in [0, 0.1) is 0 Å². The Kier molecular flexibility index (Phi) is 5.82. The standard InChI is InChI=1S/C20H23N3O2/c24-19(17-9-5-2-6-10-17)20(25)22-21-18-11-13-23(14-12-18)15-16-7-3-1-4-8-16/h1-11,19,21,24H,12-15H2,(H,22,25)/p+1. The topological polar surface area (TPSA) is 65.8 Å². The lowest BCUT2D eigenvalue weighted by molar-refractivity contribution is -0.909. The zero-order chi connectivity index (χ0) is 17.5. The van der Waals surface area contributed by atoms with Gasteiger partial charge in [-0.2, -0.15) is 0 Å². The molecule has 2 unspecified atom stereocenters. The maximum atomic E-state index is 12.0. The molecular formula is C20H24N3O2+. The molecule has 0 saturated heterocycles. The second-order valence-corrected chi connectivity index (χ2v) is 6.27. The summed E-state index contributed by atoms with van der Waals surface area (Å²) in [6.07, 6.45) is 1.80. The quantitative estimate of drug-likeness (QED) is 0.587. The summed E-state index contributed by atoms with van der Waals surface area (Å²) in [7, 11) is 0. The highest BCUT2D eigenvalue weighted by Gasteiger charge is 2.19. The molecule has 2 aromatic rings. The van der Waals surface area contributed by atoms with Crippen molar-refractivity contribution in [3.8, 4) is 0 Å². The summed E-state index contributed by atoms with van der Waals surface area (Å²) in [6, 6.07) is 19.4. The molecule has 3 rings (SSSR count). The van der Waals surface area contributed by atoms with Crippen molar-refractivity contribution in [1.29, 1.82) is 0 Å². The van der Waals surface area contributed by atoms with Gasteiger partial charge in [-0.25, -0.2) is 0 Å². The fourth-order valence-electron chi connectivity index (χ4n) is 2.94. The van der Waals surface area contributed by atoms with Crippen molar-refractivity contribution in [3.05, 3.63) is 83.6 Å². The number of quaternary nitrogens is 1. The third kappa shape index (κ3) is 4.92. The highest BCUT2D eigenvalue weighted by molar-refractivity contribution is 5.81. The largest absolute Gasteiger partial charge is 0.378 e. The zero-order valence-corrected chi connectivity index (χ0v) is 14.1. The van der Waals surface area contributed by atoms with E-state index in [0.29, 0.717) is 5.56 Å². The fraction of sp³-hybridized carbons (Fsp3) is 0.250. The smallest absolute Gasteiger partial charge is 0.271 e. The van der Waals surface area contributed by atoms with Crippen molar-refractivity contribution in [2.75, 3.05) is 13.1 Å². The molecule has 1 aliphatic heterocycles. The van der Waals surface area contributed by atoms with Gasteiger partial charge in [0.05, 0.1) is 13.1 Å². The monoisotopic (exact) mass is 338 g/mol. The number of amides is 1. The predicted octanol–water partition coefficient (Wildman–Crippen LogP) is 0.714. The summed E-state index contributed by atoms with van der Waals surface area (Å²) in [4.78, 5) is 13.5. The molecule has 0 saturated carbocycles. The number of hydrogen-bond donors (Lipinski definition) is 4. The zero-order valence-electron chi connectivity index (χ0n) is 14.1. The Balaban J connectivity index is 1.46. The Morgan fingerprint density at radius 2 is 1.76 bits per heavy atom. The molecular weight excluding hydrogens is 314 g/mol. The van der Waals surface area contributed by atoms with Crippen LogP contribution in [0.25, 0.3) is 0 Å². The van der Waals surface area contributed by atoms with E-state index in [1.54, 1.807) is 24.3 Å². The number of hydrazine groups is 1. The molecule has 2 atom stereocenters. The maximum Gasteiger partial charge on any atom is 0.271 e. The van der Waals surface area contributed by atoms with Crippen molar-refractivity contribution < 1.29 is 14.8 Å². The Morgan fingerprint density at radius 1 is 1.08 bits per heavy atom. The SMILES string of the molecule is O=C(NNC1=CC[NH+](Cc2ccccc2)CC1)C(O)c1ccccc1. The summed E-state index contributed by atoms with van der Waals surface area (Å²) in [6.45, 7) is 2.92. The number of rotatable bonds is 6.